The minimum atomic E-state index is -0.130. The number of nitrogens with zero attached hydrogens (tertiary/aromatic N) is 4. The monoisotopic (exact) mass is 435 g/mol. The largest absolute Gasteiger partial charge is 0.310 e. The lowest BCUT2D eigenvalue weighted by molar-refractivity contribution is -0.115. The first-order chi connectivity index (χ1) is 16.0. The van der Waals surface area contributed by atoms with E-state index in [1.54, 1.807) is 37.1 Å². The number of carbonyl (C=O) groups is 1. The number of anilines is 1. The fourth-order valence-corrected chi connectivity index (χ4v) is 4.21. The second-order valence-electron chi connectivity index (χ2n) is 8.72. The molecule has 2 aliphatic carbocycles. The van der Waals surface area contributed by atoms with E-state index >= 15 is 0 Å². The van der Waals surface area contributed by atoms with Gasteiger partial charge in [0.25, 0.3) is 0 Å². The van der Waals surface area contributed by atoms with Crippen LogP contribution >= 0.6 is 0 Å². The molecule has 0 aromatic carbocycles. The zero-order valence-corrected chi connectivity index (χ0v) is 18.7. The summed E-state index contributed by atoms with van der Waals surface area (Å²) in [6.07, 6.45) is 17.7. The van der Waals surface area contributed by atoms with Crippen LogP contribution in [-0.4, -0.2) is 25.8 Å². The Bertz CT molecular complexity index is 1290. The molecule has 6 nitrogen and oxygen atoms in total. The summed E-state index contributed by atoms with van der Waals surface area (Å²) in [4.78, 5) is 29.9. The normalized spacial score (nSPS) is 17.0. The van der Waals surface area contributed by atoms with Crippen molar-refractivity contribution in [2.45, 2.75) is 33.1 Å². The molecule has 164 valence electrons. The molecule has 0 spiro atoms. The van der Waals surface area contributed by atoms with E-state index in [4.69, 9.17) is 4.98 Å². The number of hydrogen-bond acceptors (Lipinski definition) is 5. The van der Waals surface area contributed by atoms with Gasteiger partial charge in [0.05, 0.1) is 24.0 Å². The van der Waals surface area contributed by atoms with Crippen LogP contribution in [0, 0.1) is 12.8 Å². The first-order valence-electron chi connectivity index (χ1n) is 11.1. The number of aryl methyl sites for hydroxylation is 1. The Balaban J connectivity index is 1.26. The molecule has 3 aromatic heterocycles. The van der Waals surface area contributed by atoms with Crippen molar-refractivity contribution in [3.8, 4) is 11.3 Å². The van der Waals surface area contributed by atoms with E-state index in [2.05, 4.69) is 45.4 Å². The maximum atomic E-state index is 12.6. The minimum Gasteiger partial charge on any atom is -0.310 e. The lowest BCUT2D eigenvalue weighted by atomic mass is 9.98. The highest BCUT2D eigenvalue weighted by molar-refractivity contribution is 5.91. The van der Waals surface area contributed by atoms with E-state index in [0.717, 1.165) is 46.0 Å². The molecule has 33 heavy (non-hydrogen) atoms. The lowest BCUT2D eigenvalue weighted by Gasteiger charge is -2.11. The van der Waals surface area contributed by atoms with Gasteiger partial charge in [-0.2, -0.15) is 0 Å². The summed E-state index contributed by atoms with van der Waals surface area (Å²) in [6.45, 7) is 4.24. The van der Waals surface area contributed by atoms with Crippen LogP contribution in [0.15, 0.2) is 78.6 Å². The Kier molecular flexibility index (Phi) is 5.65. The predicted molar refractivity (Wildman–Crippen MR) is 129 cm³/mol. The Morgan fingerprint density at radius 1 is 1.03 bits per heavy atom. The van der Waals surface area contributed by atoms with Crippen LogP contribution in [0.3, 0.4) is 0 Å². The van der Waals surface area contributed by atoms with E-state index in [1.165, 1.54) is 17.6 Å². The summed E-state index contributed by atoms with van der Waals surface area (Å²) >= 11 is 0. The predicted octanol–water partition coefficient (Wildman–Crippen LogP) is 5.10. The highest BCUT2D eigenvalue weighted by Gasteiger charge is 2.29. The van der Waals surface area contributed by atoms with Crippen molar-refractivity contribution in [2.75, 3.05) is 5.32 Å². The number of rotatable bonds is 5. The smallest absolute Gasteiger partial charge is 0.230 e. The van der Waals surface area contributed by atoms with Crippen molar-refractivity contribution in [1.29, 1.82) is 0 Å². The Morgan fingerprint density at radius 3 is 2.70 bits per heavy atom. The summed E-state index contributed by atoms with van der Waals surface area (Å²) in [7, 11) is 0. The van der Waals surface area contributed by atoms with Crippen LogP contribution in [0.1, 0.15) is 36.6 Å². The summed E-state index contributed by atoms with van der Waals surface area (Å²) in [5, 5.41) is 2.85. The molecule has 0 saturated heterocycles. The highest BCUT2D eigenvalue weighted by atomic mass is 16.1. The lowest BCUT2D eigenvalue weighted by Crippen LogP contribution is -2.15. The zero-order valence-electron chi connectivity index (χ0n) is 18.7. The average molecular weight is 436 g/mol. The molecule has 1 unspecified atom stereocenters. The second kappa shape index (κ2) is 8.90. The van der Waals surface area contributed by atoms with E-state index in [0.29, 0.717) is 5.82 Å². The van der Waals surface area contributed by atoms with Crippen molar-refractivity contribution in [3.05, 3.63) is 95.4 Å². The van der Waals surface area contributed by atoms with Gasteiger partial charge in [0.2, 0.25) is 5.91 Å². The number of fused-ring (bicyclic) bond motifs is 1. The number of allylic oxidation sites excluding steroid dienone is 6. The van der Waals surface area contributed by atoms with Crippen molar-refractivity contribution >= 4 is 17.3 Å². The maximum Gasteiger partial charge on any atom is 0.230 e. The molecule has 5 rings (SSSR count). The van der Waals surface area contributed by atoms with Gasteiger partial charge in [0.15, 0.2) is 0 Å². The third kappa shape index (κ3) is 4.95. The molecule has 1 N–H and O–H groups in total. The maximum absolute atomic E-state index is 12.6. The quantitative estimate of drug-likeness (QED) is 0.603. The van der Waals surface area contributed by atoms with Crippen LogP contribution < -0.4 is 5.32 Å². The molecular formula is C27H25N5O. The molecule has 6 heteroatoms. The molecule has 1 amide bonds. The molecule has 3 heterocycles. The fraction of sp³-hybridized carbons (Fsp3) is 0.222. The van der Waals surface area contributed by atoms with Crippen LogP contribution in [-0.2, 0) is 11.2 Å². The standard InChI is InChI=1S/C27H25N5O/c1-17-9-21(4-3-20-13-23(20)10-17)27-18(2)11-19(14-31-27)12-26(33)32-25-6-5-22(15-30-25)24-16-28-7-8-29-24/h3-9,11,14-16,23H,10,12-13H2,1-2H3,(H,30,32,33). The summed E-state index contributed by atoms with van der Waals surface area (Å²) < 4.78 is 0. The Morgan fingerprint density at radius 2 is 1.94 bits per heavy atom. The third-order valence-electron chi connectivity index (χ3n) is 5.96. The van der Waals surface area contributed by atoms with E-state index < -0.39 is 0 Å². The molecule has 2 aliphatic rings. The molecule has 1 fully saturated rings. The van der Waals surface area contributed by atoms with E-state index in [9.17, 15) is 4.79 Å². The van der Waals surface area contributed by atoms with Gasteiger partial charge in [-0.15, -0.1) is 0 Å². The Hall–Kier alpha value is -3.93. The molecule has 1 atom stereocenters. The SMILES string of the molecule is CC1=CC(c2ncc(CC(=O)Nc3ccc(-c4cnccn4)cn3)cc2C)=CC=C2CC2C1. The fourth-order valence-electron chi connectivity index (χ4n) is 4.21. The van der Waals surface area contributed by atoms with E-state index in [-0.39, 0.29) is 12.3 Å². The van der Waals surface area contributed by atoms with E-state index in [1.807, 2.05) is 19.1 Å². The van der Waals surface area contributed by atoms with Gasteiger partial charge in [-0.25, -0.2) is 4.98 Å². The van der Waals surface area contributed by atoms with Gasteiger partial charge in [0, 0.05) is 35.9 Å². The molecule has 1 saturated carbocycles. The van der Waals surface area contributed by atoms with Gasteiger partial charge in [-0.05, 0) is 55.9 Å². The van der Waals surface area contributed by atoms with Gasteiger partial charge in [-0.3, -0.25) is 19.7 Å². The average Bonchev–Trinajstić information content (AvgIpc) is 3.53. The summed E-state index contributed by atoms with van der Waals surface area (Å²) in [5.74, 6) is 1.11. The van der Waals surface area contributed by atoms with Crippen LogP contribution in [0.2, 0.25) is 0 Å². The molecule has 3 aromatic rings. The van der Waals surface area contributed by atoms with Gasteiger partial charge < -0.3 is 5.32 Å². The summed E-state index contributed by atoms with van der Waals surface area (Å²) in [6, 6.07) is 5.68. The number of nitrogens with one attached hydrogen (secondary N) is 1. The van der Waals surface area contributed by atoms with Crippen molar-refractivity contribution in [1.82, 2.24) is 19.9 Å². The first kappa shape index (κ1) is 20.9. The number of pyridine rings is 2. The molecule has 0 aliphatic heterocycles. The number of hydrogen-bond donors (Lipinski definition) is 1. The number of carbonyl (C=O) groups excluding carboxylic acids is 1. The molecule has 0 radical (unpaired) electrons. The number of aromatic nitrogens is 4. The van der Waals surface area contributed by atoms with Crippen LogP contribution in [0.4, 0.5) is 5.82 Å². The van der Waals surface area contributed by atoms with Crippen molar-refractivity contribution < 1.29 is 4.79 Å². The zero-order chi connectivity index (χ0) is 22.8. The van der Waals surface area contributed by atoms with Gasteiger partial charge in [0.1, 0.15) is 5.82 Å². The molecular weight excluding hydrogens is 410 g/mol. The Labute approximate surface area is 193 Å². The third-order valence-corrected chi connectivity index (χ3v) is 5.96. The van der Waals surface area contributed by atoms with Gasteiger partial charge >= 0.3 is 0 Å². The minimum absolute atomic E-state index is 0.130. The first-order valence-corrected chi connectivity index (χ1v) is 11.1. The van der Waals surface area contributed by atoms with Crippen molar-refractivity contribution in [3.63, 3.8) is 0 Å². The van der Waals surface area contributed by atoms with Crippen LogP contribution in [0.5, 0.6) is 0 Å². The second-order valence-corrected chi connectivity index (χ2v) is 8.72. The van der Waals surface area contributed by atoms with Gasteiger partial charge in [-0.1, -0.05) is 35.4 Å². The van der Waals surface area contributed by atoms with Crippen molar-refractivity contribution in [2.24, 2.45) is 5.92 Å². The summed E-state index contributed by atoms with van der Waals surface area (Å²) in [5.41, 5.74) is 8.54. The molecule has 0 bridgehead atoms. The topological polar surface area (TPSA) is 80.7 Å². The van der Waals surface area contributed by atoms with Crippen LogP contribution in [0.25, 0.3) is 16.8 Å². The highest BCUT2D eigenvalue weighted by Crippen LogP contribution is 2.44. The number of amides is 1.